The van der Waals surface area contributed by atoms with Gasteiger partial charge in [0.15, 0.2) is 17.3 Å². The molecule has 0 aromatic heterocycles. The molecule has 0 unspecified atom stereocenters. The monoisotopic (exact) mass is 352 g/mol. The Morgan fingerprint density at radius 3 is 2.20 bits per heavy atom. The van der Waals surface area contributed by atoms with E-state index in [0.717, 1.165) is 6.08 Å². The maximum atomic E-state index is 12.2. The molecule has 0 aliphatic heterocycles. The SMILES string of the molecule is O=C(C=Cc1ccc(O)c(O)c1)CC1(C(=O)O)C[C@@H](O)C(O)[C@H](O)C1. The van der Waals surface area contributed by atoms with Crippen LogP contribution in [0.25, 0.3) is 6.08 Å². The van der Waals surface area contributed by atoms with E-state index in [0.29, 0.717) is 5.56 Å². The third kappa shape index (κ3) is 4.16. The minimum absolute atomic E-state index is 0.308. The normalized spacial score (nSPS) is 29.6. The lowest BCUT2D eigenvalue weighted by Gasteiger charge is -2.40. The van der Waals surface area contributed by atoms with E-state index in [1.54, 1.807) is 0 Å². The quantitative estimate of drug-likeness (QED) is 0.320. The van der Waals surface area contributed by atoms with Crippen LogP contribution in [0.1, 0.15) is 24.8 Å². The van der Waals surface area contributed by atoms with Crippen LogP contribution < -0.4 is 0 Å². The van der Waals surface area contributed by atoms with Gasteiger partial charge in [0.2, 0.25) is 0 Å². The van der Waals surface area contributed by atoms with Crippen LogP contribution in [-0.2, 0) is 9.59 Å². The number of carbonyl (C=O) groups excluding carboxylic acids is 1. The largest absolute Gasteiger partial charge is 0.504 e. The fourth-order valence-electron chi connectivity index (χ4n) is 3.00. The summed E-state index contributed by atoms with van der Waals surface area (Å²) in [5.41, 5.74) is -1.25. The van der Waals surface area contributed by atoms with Gasteiger partial charge in [0, 0.05) is 6.42 Å². The zero-order chi connectivity index (χ0) is 18.8. The van der Waals surface area contributed by atoms with Crippen LogP contribution in [0, 0.1) is 5.41 Å². The maximum absolute atomic E-state index is 12.2. The van der Waals surface area contributed by atoms with Gasteiger partial charge in [-0.2, -0.15) is 0 Å². The second-order valence-electron chi connectivity index (χ2n) is 6.34. The van der Waals surface area contributed by atoms with Crippen molar-refractivity contribution in [3.8, 4) is 11.5 Å². The summed E-state index contributed by atoms with van der Waals surface area (Å²) in [4.78, 5) is 23.8. The highest BCUT2D eigenvalue weighted by Crippen LogP contribution is 2.40. The molecule has 1 fully saturated rings. The van der Waals surface area contributed by atoms with Gasteiger partial charge in [-0.05, 0) is 36.6 Å². The van der Waals surface area contributed by atoms with Crippen molar-refractivity contribution in [3.63, 3.8) is 0 Å². The molecule has 1 aliphatic rings. The van der Waals surface area contributed by atoms with Crippen LogP contribution >= 0.6 is 0 Å². The number of allylic oxidation sites excluding steroid dienone is 1. The number of aliphatic carboxylic acids is 1. The summed E-state index contributed by atoms with van der Waals surface area (Å²) < 4.78 is 0. The summed E-state index contributed by atoms with van der Waals surface area (Å²) in [5.74, 6) is -2.55. The van der Waals surface area contributed by atoms with E-state index in [9.17, 15) is 40.2 Å². The van der Waals surface area contributed by atoms with Crippen LogP contribution in [0.5, 0.6) is 11.5 Å². The Kier molecular flexibility index (Phi) is 5.46. The molecule has 1 aliphatic carbocycles. The van der Waals surface area contributed by atoms with Crippen LogP contribution in [0.15, 0.2) is 24.3 Å². The fraction of sp³-hybridized carbons (Fsp3) is 0.412. The summed E-state index contributed by atoms with van der Waals surface area (Å²) in [5, 5.41) is 57.2. The maximum Gasteiger partial charge on any atom is 0.310 e. The molecule has 0 radical (unpaired) electrons. The third-order valence-corrected chi connectivity index (χ3v) is 4.42. The second kappa shape index (κ2) is 7.22. The molecule has 1 aromatic carbocycles. The fourth-order valence-corrected chi connectivity index (χ4v) is 3.00. The van der Waals surface area contributed by atoms with Crippen molar-refractivity contribution in [1.29, 1.82) is 0 Å². The van der Waals surface area contributed by atoms with Gasteiger partial charge in [0.25, 0.3) is 0 Å². The number of phenolic OH excluding ortho intramolecular Hbond substituents is 2. The standard InChI is InChI=1S/C17H20O8/c18-10(3-1-9-2-4-11(19)12(20)5-9)6-17(16(24)25)7-13(21)15(23)14(22)8-17/h1-5,13-15,19-23H,6-8H2,(H,24,25)/t13-,14-,15?,17?/m1/s1. The predicted octanol–water partition coefficient (Wildman–Crippen LogP) is 0.0177. The number of ketones is 1. The molecule has 0 amide bonds. The summed E-state index contributed by atoms with van der Waals surface area (Å²) in [6, 6.07) is 3.93. The Bertz CT molecular complexity index is 684. The van der Waals surface area contributed by atoms with Crippen molar-refractivity contribution in [3.05, 3.63) is 29.8 Å². The van der Waals surface area contributed by atoms with E-state index >= 15 is 0 Å². The van der Waals surface area contributed by atoms with Crippen molar-refractivity contribution in [2.24, 2.45) is 5.41 Å². The molecule has 8 nitrogen and oxygen atoms in total. The minimum atomic E-state index is -1.67. The van der Waals surface area contributed by atoms with Gasteiger partial charge >= 0.3 is 5.97 Å². The Morgan fingerprint density at radius 1 is 1.08 bits per heavy atom. The minimum Gasteiger partial charge on any atom is -0.504 e. The summed E-state index contributed by atoms with van der Waals surface area (Å²) in [6.45, 7) is 0. The van der Waals surface area contributed by atoms with Gasteiger partial charge in [0.05, 0.1) is 17.6 Å². The number of benzene rings is 1. The third-order valence-electron chi connectivity index (χ3n) is 4.42. The van der Waals surface area contributed by atoms with Gasteiger partial charge in [-0.3, -0.25) is 9.59 Å². The molecule has 2 rings (SSSR count). The highest BCUT2D eigenvalue weighted by molar-refractivity contribution is 5.96. The molecule has 8 heteroatoms. The molecule has 2 atom stereocenters. The summed E-state index contributed by atoms with van der Waals surface area (Å²) in [6.07, 6.45) is -3.00. The summed E-state index contributed by atoms with van der Waals surface area (Å²) >= 11 is 0. The topological polar surface area (TPSA) is 156 Å². The Hall–Kier alpha value is -2.42. The number of hydrogen-bond donors (Lipinski definition) is 6. The number of phenols is 2. The molecule has 0 bridgehead atoms. The number of carboxylic acids is 1. The van der Waals surface area contributed by atoms with Gasteiger partial charge in [-0.15, -0.1) is 0 Å². The number of aliphatic hydroxyl groups excluding tert-OH is 3. The average molecular weight is 352 g/mol. The first-order valence-electron chi connectivity index (χ1n) is 7.65. The van der Waals surface area contributed by atoms with Crippen LogP contribution in [0.2, 0.25) is 0 Å². The van der Waals surface area contributed by atoms with E-state index in [1.165, 1.54) is 24.3 Å². The first kappa shape index (κ1) is 18.9. The van der Waals surface area contributed by atoms with E-state index in [1.807, 2.05) is 0 Å². The van der Waals surface area contributed by atoms with Gasteiger partial charge in [-0.1, -0.05) is 12.1 Å². The predicted molar refractivity (Wildman–Crippen MR) is 85.8 cm³/mol. The lowest BCUT2D eigenvalue weighted by molar-refractivity contribution is -0.171. The Balaban J connectivity index is 2.14. The first-order chi connectivity index (χ1) is 11.6. The molecular weight excluding hydrogens is 332 g/mol. The smallest absolute Gasteiger partial charge is 0.310 e. The Morgan fingerprint density at radius 2 is 1.68 bits per heavy atom. The Labute approximate surface area is 143 Å². The molecule has 25 heavy (non-hydrogen) atoms. The first-order valence-corrected chi connectivity index (χ1v) is 7.65. The molecule has 136 valence electrons. The molecule has 0 heterocycles. The zero-order valence-corrected chi connectivity index (χ0v) is 13.2. The molecule has 0 spiro atoms. The van der Waals surface area contributed by atoms with Gasteiger partial charge < -0.3 is 30.6 Å². The number of carbonyl (C=O) groups is 2. The highest BCUT2D eigenvalue weighted by Gasteiger charge is 2.50. The van der Waals surface area contributed by atoms with Crippen molar-refractivity contribution in [1.82, 2.24) is 0 Å². The van der Waals surface area contributed by atoms with E-state index in [4.69, 9.17) is 0 Å². The second-order valence-corrected chi connectivity index (χ2v) is 6.34. The van der Waals surface area contributed by atoms with Crippen molar-refractivity contribution in [2.45, 2.75) is 37.6 Å². The zero-order valence-electron chi connectivity index (χ0n) is 13.2. The lowest BCUT2D eigenvalue weighted by atomic mass is 9.68. The van der Waals surface area contributed by atoms with E-state index in [2.05, 4.69) is 0 Å². The number of carboxylic acid groups (broad SMARTS) is 1. The number of hydrogen-bond acceptors (Lipinski definition) is 7. The van der Waals surface area contributed by atoms with Crippen molar-refractivity contribution < 1.29 is 40.2 Å². The van der Waals surface area contributed by atoms with Crippen LogP contribution in [0.3, 0.4) is 0 Å². The highest BCUT2D eigenvalue weighted by atomic mass is 16.4. The van der Waals surface area contributed by atoms with Gasteiger partial charge in [0.1, 0.15) is 6.10 Å². The molecular formula is C17H20O8. The molecule has 0 saturated heterocycles. The molecule has 1 aromatic rings. The summed E-state index contributed by atoms with van der Waals surface area (Å²) in [7, 11) is 0. The van der Waals surface area contributed by atoms with E-state index < -0.39 is 41.9 Å². The van der Waals surface area contributed by atoms with Crippen molar-refractivity contribution in [2.75, 3.05) is 0 Å². The number of aliphatic hydroxyl groups is 3. The van der Waals surface area contributed by atoms with Gasteiger partial charge in [-0.25, -0.2) is 0 Å². The average Bonchev–Trinajstić information content (AvgIpc) is 2.53. The lowest BCUT2D eigenvalue weighted by Crippen LogP contribution is -2.52. The van der Waals surface area contributed by atoms with Crippen molar-refractivity contribution >= 4 is 17.8 Å². The number of aromatic hydroxyl groups is 2. The molecule has 6 N–H and O–H groups in total. The number of rotatable bonds is 5. The van der Waals surface area contributed by atoms with E-state index in [-0.39, 0.29) is 24.3 Å². The van der Waals surface area contributed by atoms with Crippen LogP contribution in [0.4, 0.5) is 0 Å². The molecule has 1 saturated carbocycles. The van der Waals surface area contributed by atoms with Crippen LogP contribution in [-0.4, -0.2) is 60.7 Å².